The van der Waals surface area contributed by atoms with Crippen LogP contribution in [0.2, 0.25) is 0 Å². The summed E-state index contributed by atoms with van der Waals surface area (Å²) in [6.07, 6.45) is 0. The molecule has 0 aliphatic heterocycles. The third-order valence-corrected chi connectivity index (χ3v) is 9.14. The predicted molar refractivity (Wildman–Crippen MR) is 196 cm³/mol. The standard InChI is InChI=1S/C42H27N7/c1-4-14-28(15-5-1)29-24-26-31(27-25-29)39-43-38(30-16-6-2-7-17-30)44-41(45-39)49-34-21-11-10-20-33(34)37-40(49)46-42-47(32-18-8-3-9-19-32)35-22-12-13-23-36(35)48(37)42/h1-27H. The monoisotopic (exact) mass is 629 g/mol. The van der Waals surface area contributed by atoms with E-state index in [0.717, 1.165) is 66.8 Å². The summed E-state index contributed by atoms with van der Waals surface area (Å²) >= 11 is 0. The molecule has 0 saturated heterocycles. The zero-order chi connectivity index (χ0) is 32.3. The van der Waals surface area contributed by atoms with Gasteiger partial charge in [0.25, 0.3) is 0 Å². The van der Waals surface area contributed by atoms with Crippen molar-refractivity contribution in [2.75, 3.05) is 0 Å². The van der Waals surface area contributed by atoms with Crippen LogP contribution in [0.5, 0.6) is 0 Å². The lowest BCUT2D eigenvalue weighted by atomic mass is 10.0. The molecule has 10 aromatic rings. The van der Waals surface area contributed by atoms with E-state index in [1.165, 1.54) is 0 Å². The van der Waals surface area contributed by atoms with Gasteiger partial charge in [-0.2, -0.15) is 15.0 Å². The summed E-state index contributed by atoms with van der Waals surface area (Å²) in [5, 5.41) is 1.07. The lowest BCUT2D eigenvalue weighted by Gasteiger charge is -2.10. The van der Waals surface area contributed by atoms with Gasteiger partial charge in [0.15, 0.2) is 17.3 Å². The van der Waals surface area contributed by atoms with E-state index < -0.39 is 0 Å². The van der Waals surface area contributed by atoms with Crippen molar-refractivity contribution in [1.29, 1.82) is 0 Å². The molecule has 0 aliphatic rings. The fourth-order valence-corrected chi connectivity index (χ4v) is 6.89. The van der Waals surface area contributed by atoms with E-state index in [-0.39, 0.29) is 0 Å². The lowest BCUT2D eigenvalue weighted by molar-refractivity contribution is 0.945. The van der Waals surface area contributed by atoms with E-state index in [2.05, 4.69) is 135 Å². The van der Waals surface area contributed by atoms with Crippen molar-refractivity contribution in [3.05, 3.63) is 164 Å². The first-order valence-electron chi connectivity index (χ1n) is 16.3. The molecule has 230 valence electrons. The fraction of sp³-hybridized carbons (Fsp3) is 0. The maximum Gasteiger partial charge on any atom is 0.240 e. The van der Waals surface area contributed by atoms with Crippen LogP contribution in [-0.4, -0.2) is 33.5 Å². The third kappa shape index (κ3) is 4.29. The lowest BCUT2D eigenvalue weighted by Crippen LogP contribution is -2.06. The van der Waals surface area contributed by atoms with Crippen molar-refractivity contribution >= 4 is 38.9 Å². The summed E-state index contributed by atoms with van der Waals surface area (Å²) in [6.45, 7) is 0. The molecule has 0 fully saturated rings. The van der Waals surface area contributed by atoms with Gasteiger partial charge in [-0.15, -0.1) is 0 Å². The quantitative estimate of drug-likeness (QED) is 0.190. The predicted octanol–water partition coefficient (Wildman–Crippen LogP) is 9.56. The molecule has 0 aliphatic carbocycles. The molecule has 0 saturated carbocycles. The minimum Gasteiger partial charge on any atom is -0.278 e. The minimum atomic E-state index is 0.513. The number of rotatable bonds is 5. The molecule has 7 heteroatoms. The highest BCUT2D eigenvalue weighted by molar-refractivity contribution is 6.09. The first-order valence-corrected chi connectivity index (χ1v) is 16.3. The van der Waals surface area contributed by atoms with Crippen LogP contribution < -0.4 is 0 Å². The summed E-state index contributed by atoms with van der Waals surface area (Å²) in [7, 11) is 0. The van der Waals surface area contributed by atoms with E-state index in [0.29, 0.717) is 17.6 Å². The molecule has 0 spiro atoms. The molecule has 0 atom stereocenters. The Morgan fingerprint density at radius 2 is 0.878 bits per heavy atom. The number of nitrogens with zero attached hydrogens (tertiary/aromatic N) is 7. The maximum absolute atomic E-state index is 5.38. The summed E-state index contributed by atoms with van der Waals surface area (Å²) in [6, 6.07) is 56.1. The molecule has 0 N–H and O–H groups in total. The summed E-state index contributed by atoms with van der Waals surface area (Å²) in [5.41, 5.74) is 10.1. The van der Waals surface area contributed by atoms with Crippen LogP contribution in [0, 0.1) is 0 Å². The Hall–Kier alpha value is -6.86. The van der Waals surface area contributed by atoms with Crippen LogP contribution in [0.1, 0.15) is 0 Å². The molecule has 4 heterocycles. The second-order valence-electron chi connectivity index (χ2n) is 12.0. The smallest absolute Gasteiger partial charge is 0.240 e. The van der Waals surface area contributed by atoms with Gasteiger partial charge < -0.3 is 0 Å². The van der Waals surface area contributed by atoms with Crippen LogP contribution in [0.3, 0.4) is 0 Å². The van der Waals surface area contributed by atoms with Crippen molar-refractivity contribution < 1.29 is 0 Å². The maximum atomic E-state index is 5.38. The highest BCUT2D eigenvalue weighted by Crippen LogP contribution is 2.36. The number of hydrogen-bond acceptors (Lipinski definition) is 4. The van der Waals surface area contributed by atoms with Gasteiger partial charge in [-0.1, -0.05) is 133 Å². The average Bonchev–Trinajstić information content (AvgIpc) is 3.81. The van der Waals surface area contributed by atoms with Gasteiger partial charge in [-0.3, -0.25) is 13.5 Å². The van der Waals surface area contributed by atoms with Crippen molar-refractivity contribution in [2.45, 2.75) is 0 Å². The van der Waals surface area contributed by atoms with Gasteiger partial charge in [-0.25, -0.2) is 4.98 Å². The zero-order valence-electron chi connectivity index (χ0n) is 26.2. The van der Waals surface area contributed by atoms with E-state index in [1.807, 2.05) is 42.5 Å². The molecule has 0 amide bonds. The molecular weight excluding hydrogens is 603 g/mol. The molecule has 49 heavy (non-hydrogen) atoms. The van der Waals surface area contributed by atoms with Crippen molar-refractivity contribution in [1.82, 2.24) is 33.5 Å². The Morgan fingerprint density at radius 3 is 1.57 bits per heavy atom. The highest BCUT2D eigenvalue weighted by Gasteiger charge is 2.25. The number of fused-ring (bicyclic) bond motifs is 7. The number of benzene rings is 6. The van der Waals surface area contributed by atoms with Crippen molar-refractivity contribution in [2.24, 2.45) is 0 Å². The molecule has 10 rings (SSSR count). The van der Waals surface area contributed by atoms with Crippen LogP contribution in [0.4, 0.5) is 0 Å². The Bertz CT molecular complexity index is 2800. The molecule has 6 aromatic carbocycles. The van der Waals surface area contributed by atoms with E-state index >= 15 is 0 Å². The molecule has 0 bridgehead atoms. The molecule has 7 nitrogen and oxygen atoms in total. The van der Waals surface area contributed by atoms with Crippen LogP contribution in [0.25, 0.3) is 84.4 Å². The third-order valence-electron chi connectivity index (χ3n) is 9.14. The van der Waals surface area contributed by atoms with Crippen LogP contribution >= 0.6 is 0 Å². The largest absolute Gasteiger partial charge is 0.278 e. The van der Waals surface area contributed by atoms with Crippen molar-refractivity contribution in [3.63, 3.8) is 0 Å². The van der Waals surface area contributed by atoms with E-state index in [9.17, 15) is 0 Å². The van der Waals surface area contributed by atoms with Crippen LogP contribution in [0.15, 0.2) is 164 Å². The number of para-hydroxylation sites is 4. The molecule has 0 unspecified atom stereocenters. The first-order chi connectivity index (χ1) is 24.3. The van der Waals surface area contributed by atoms with E-state index in [1.54, 1.807) is 0 Å². The van der Waals surface area contributed by atoms with Crippen LogP contribution in [-0.2, 0) is 0 Å². The summed E-state index contributed by atoms with van der Waals surface area (Å²) in [5.74, 6) is 2.53. The second-order valence-corrected chi connectivity index (χ2v) is 12.0. The normalized spacial score (nSPS) is 11.7. The fourth-order valence-electron chi connectivity index (χ4n) is 6.89. The van der Waals surface area contributed by atoms with Gasteiger partial charge in [-0.05, 0) is 41.5 Å². The van der Waals surface area contributed by atoms with Gasteiger partial charge >= 0.3 is 0 Å². The number of hydrogen-bond donors (Lipinski definition) is 0. The number of imidazole rings is 2. The van der Waals surface area contributed by atoms with E-state index in [4.69, 9.17) is 19.9 Å². The molecular formula is C42H27N7. The molecule has 4 aromatic heterocycles. The summed E-state index contributed by atoms with van der Waals surface area (Å²) < 4.78 is 6.56. The Labute approximate surface area is 281 Å². The van der Waals surface area contributed by atoms with Gasteiger partial charge in [0.2, 0.25) is 11.7 Å². The average molecular weight is 630 g/mol. The topological polar surface area (TPSA) is 65.8 Å². The minimum absolute atomic E-state index is 0.513. The Balaban J connectivity index is 1.25. The second kappa shape index (κ2) is 10.9. The SMILES string of the molecule is c1ccc(-c2ccc(-c3nc(-c4ccccc4)nc(-n4c5ccccc5c5c4nc4n(-c6ccccc6)c6ccccc6n54)n3)cc2)cc1. The van der Waals surface area contributed by atoms with Gasteiger partial charge in [0, 0.05) is 22.2 Å². The van der Waals surface area contributed by atoms with Gasteiger partial charge in [0.1, 0.15) is 5.52 Å². The Kier molecular flexibility index (Phi) is 6.04. The molecule has 0 radical (unpaired) electrons. The Morgan fingerprint density at radius 1 is 0.367 bits per heavy atom. The summed E-state index contributed by atoms with van der Waals surface area (Å²) in [4.78, 5) is 20.7. The first kappa shape index (κ1) is 27.3. The highest BCUT2D eigenvalue weighted by atomic mass is 15.3. The van der Waals surface area contributed by atoms with Crippen molar-refractivity contribution in [3.8, 4) is 45.5 Å². The number of aromatic nitrogens is 7. The zero-order valence-corrected chi connectivity index (χ0v) is 26.2. The van der Waals surface area contributed by atoms with Gasteiger partial charge in [0.05, 0.1) is 16.6 Å².